The fraction of sp³-hybridized carbons (Fsp3) is 0.333. The smallest absolute Gasteiger partial charge is 0.123 e. The van der Waals surface area contributed by atoms with Gasteiger partial charge >= 0.3 is 0 Å². The Kier molecular flexibility index (Phi) is 3.37. The van der Waals surface area contributed by atoms with Crippen molar-refractivity contribution in [2.75, 3.05) is 47.8 Å². The second kappa shape index (κ2) is 5.52. The number of hydrogen-bond donors (Lipinski definition) is 1. The molecule has 3 nitrogen and oxygen atoms in total. The van der Waals surface area contributed by atoms with Crippen molar-refractivity contribution in [2.45, 2.75) is 6.42 Å². The molecular weight excluding hydrogens is 277 g/mol. The molecule has 1 N–H and O–H groups in total. The van der Waals surface area contributed by atoms with Gasteiger partial charge in [-0.15, -0.1) is 0 Å². The van der Waals surface area contributed by atoms with Gasteiger partial charge in [-0.25, -0.2) is 4.39 Å². The van der Waals surface area contributed by atoms with E-state index in [0.29, 0.717) is 0 Å². The zero-order valence-corrected chi connectivity index (χ0v) is 12.6. The van der Waals surface area contributed by atoms with E-state index in [-0.39, 0.29) is 5.82 Å². The van der Waals surface area contributed by atoms with E-state index < -0.39 is 0 Å². The molecule has 2 aliphatic heterocycles. The zero-order chi connectivity index (χ0) is 14.9. The standard InChI is InChI=1S/C18H20FN3/c19-15-1-3-16(4-2-15)21-9-11-22(12-10-21)17-5-6-18-14(13-17)7-8-20-18/h1-6,13,20H,7-12H2. The first-order chi connectivity index (χ1) is 10.8. The number of rotatable bonds is 2. The van der Waals surface area contributed by atoms with Crippen molar-refractivity contribution < 1.29 is 4.39 Å². The molecule has 2 heterocycles. The lowest BCUT2D eigenvalue weighted by Gasteiger charge is -2.37. The normalized spacial score (nSPS) is 17.3. The molecule has 22 heavy (non-hydrogen) atoms. The highest BCUT2D eigenvalue weighted by molar-refractivity contribution is 5.63. The van der Waals surface area contributed by atoms with Crippen LogP contribution < -0.4 is 15.1 Å². The van der Waals surface area contributed by atoms with Crippen molar-refractivity contribution in [1.82, 2.24) is 0 Å². The first kappa shape index (κ1) is 13.4. The highest BCUT2D eigenvalue weighted by Crippen LogP contribution is 2.28. The van der Waals surface area contributed by atoms with Gasteiger partial charge in [-0.05, 0) is 54.4 Å². The van der Waals surface area contributed by atoms with E-state index >= 15 is 0 Å². The summed E-state index contributed by atoms with van der Waals surface area (Å²) in [4.78, 5) is 4.77. The maximum Gasteiger partial charge on any atom is 0.123 e. The van der Waals surface area contributed by atoms with Gasteiger partial charge in [0.1, 0.15) is 5.82 Å². The van der Waals surface area contributed by atoms with Crippen LogP contribution in [0.15, 0.2) is 42.5 Å². The Morgan fingerprint density at radius 1 is 0.818 bits per heavy atom. The predicted octanol–water partition coefficient (Wildman–Crippen LogP) is 3.12. The number of fused-ring (bicyclic) bond motifs is 1. The molecule has 0 atom stereocenters. The van der Waals surface area contributed by atoms with Gasteiger partial charge in [-0.1, -0.05) is 0 Å². The molecule has 4 heteroatoms. The molecular formula is C18H20FN3. The zero-order valence-electron chi connectivity index (χ0n) is 12.6. The lowest BCUT2D eigenvalue weighted by Crippen LogP contribution is -2.46. The summed E-state index contributed by atoms with van der Waals surface area (Å²) in [6.07, 6.45) is 1.12. The average molecular weight is 297 g/mol. The molecule has 0 unspecified atom stereocenters. The van der Waals surface area contributed by atoms with Gasteiger partial charge in [0.25, 0.3) is 0 Å². The van der Waals surface area contributed by atoms with E-state index in [4.69, 9.17) is 0 Å². The lowest BCUT2D eigenvalue weighted by molar-refractivity contribution is 0.625. The summed E-state index contributed by atoms with van der Waals surface area (Å²) in [5.74, 6) is -0.172. The Hall–Kier alpha value is -2.23. The number of benzene rings is 2. The second-order valence-electron chi connectivity index (χ2n) is 5.97. The third-order valence-electron chi connectivity index (χ3n) is 4.64. The highest BCUT2D eigenvalue weighted by atomic mass is 19.1. The molecule has 0 amide bonds. The first-order valence-electron chi connectivity index (χ1n) is 7.92. The van der Waals surface area contributed by atoms with Crippen molar-refractivity contribution in [1.29, 1.82) is 0 Å². The van der Waals surface area contributed by atoms with Crippen LogP contribution >= 0.6 is 0 Å². The van der Waals surface area contributed by atoms with Gasteiger partial charge in [-0.3, -0.25) is 0 Å². The van der Waals surface area contributed by atoms with Crippen LogP contribution in [0.2, 0.25) is 0 Å². The summed E-state index contributed by atoms with van der Waals surface area (Å²) in [6.45, 7) is 5.01. The number of halogens is 1. The number of nitrogens with zero attached hydrogens (tertiary/aromatic N) is 2. The molecule has 0 spiro atoms. The molecule has 4 rings (SSSR count). The molecule has 2 aliphatic rings. The quantitative estimate of drug-likeness (QED) is 0.919. The lowest BCUT2D eigenvalue weighted by atomic mass is 10.1. The van der Waals surface area contributed by atoms with Crippen LogP contribution in [0, 0.1) is 5.82 Å². The van der Waals surface area contributed by atoms with Crippen LogP contribution in [0.4, 0.5) is 21.5 Å². The summed E-state index contributed by atoms with van der Waals surface area (Å²) in [5, 5.41) is 3.41. The maximum absolute atomic E-state index is 13.0. The van der Waals surface area contributed by atoms with E-state index in [9.17, 15) is 4.39 Å². The molecule has 0 bridgehead atoms. The summed E-state index contributed by atoms with van der Waals surface area (Å²) in [7, 11) is 0. The average Bonchev–Trinajstić information content (AvgIpc) is 3.03. The minimum Gasteiger partial charge on any atom is -0.384 e. The fourth-order valence-corrected chi connectivity index (χ4v) is 3.36. The molecule has 1 fully saturated rings. The van der Waals surface area contributed by atoms with Crippen LogP contribution in [0.1, 0.15) is 5.56 Å². The van der Waals surface area contributed by atoms with Crippen LogP contribution in [0.3, 0.4) is 0 Å². The Bertz CT molecular complexity index is 661. The van der Waals surface area contributed by atoms with Gasteiger partial charge < -0.3 is 15.1 Å². The highest BCUT2D eigenvalue weighted by Gasteiger charge is 2.19. The van der Waals surface area contributed by atoms with E-state index in [0.717, 1.165) is 44.8 Å². The minimum atomic E-state index is -0.172. The maximum atomic E-state index is 13.0. The Morgan fingerprint density at radius 2 is 1.45 bits per heavy atom. The molecule has 2 aromatic carbocycles. The topological polar surface area (TPSA) is 18.5 Å². The molecule has 0 aromatic heterocycles. The van der Waals surface area contributed by atoms with Crippen molar-refractivity contribution >= 4 is 17.1 Å². The summed E-state index contributed by atoms with van der Waals surface area (Å²) >= 11 is 0. The minimum absolute atomic E-state index is 0.172. The van der Waals surface area contributed by atoms with Gasteiger partial charge in [0, 0.05) is 49.8 Å². The van der Waals surface area contributed by atoms with E-state index in [2.05, 4.69) is 33.3 Å². The van der Waals surface area contributed by atoms with Crippen LogP contribution in [0.5, 0.6) is 0 Å². The Morgan fingerprint density at radius 3 is 2.18 bits per heavy atom. The molecule has 2 aromatic rings. The van der Waals surface area contributed by atoms with Crippen molar-refractivity contribution in [3.8, 4) is 0 Å². The fourth-order valence-electron chi connectivity index (χ4n) is 3.36. The van der Waals surface area contributed by atoms with Gasteiger partial charge in [0.05, 0.1) is 0 Å². The van der Waals surface area contributed by atoms with Crippen LogP contribution in [-0.2, 0) is 6.42 Å². The Labute approximate surface area is 130 Å². The van der Waals surface area contributed by atoms with Gasteiger partial charge in [0.15, 0.2) is 0 Å². The van der Waals surface area contributed by atoms with Gasteiger partial charge in [0.2, 0.25) is 0 Å². The number of anilines is 3. The molecule has 0 saturated carbocycles. The summed E-state index contributed by atoms with van der Waals surface area (Å²) < 4.78 is 13.0. The van der Waals surface area contributed by atoms with Crippen LogP contribution in [0.25, 0.3) is 0 Å². The molecule has 114 valence electrons. The monoisotopic (exact) mass is 297 g/mol. The third-order valence-corrected chi connectivity index (χ3v) is 4.64. The van der Waals surface area contributed by atoms with Crippen molar-refractivity contribution in [3.63, 3.8) is 0 Å². The van der Waals surface area contributed by atoms with Crippen LogP contribution in [-0.4, -0.2) is 32.7 Å². The largest absolute Gasteiger partial charge is 0.384 e. The Balaban J connectivity index is 1.44. The first-order valence-corrected chi connectivity index (χ1v) is 7.92. The van der Waals surface area contributed by atoms with E-state index in [1.165, 1.54) is 29.1 Å². The molecule has 0 radical (unpaired) electrons. The van der Waals surface area contributed by atoms with Gasteiger partial charge in [-0.2, -0.15) is 0 Å². The molecule has 1 saturated heterocycles. The second-order valence-corrected chi connectivity index (χ2v) is 5.97. The third kappa shape index (κ3) is 2.49. The van der Waals surface area contributed by atoms with E-state index in [1.807, 2.05) is 12.1 Å². The van der Waals surface area contributed by atoms with E-state index in [1.54, 1.807) is 0 Å². The van der Waals surface area contributed by atoms with Crippen molar-refractivity contribution in [3.05, 3.63) is 53.8 Å². The SMILES string of the molecule is Fc1ccc(N2CCN(c3ccc4c(c3)CCN4)CC2)cc1. The predicted molar refractivity (Wildman–Crippen MR) is 89.5 cm³/mol. The summed E-state index contributed by atoms with van der Waals surface area (Å²) in [5.41, 5.74) is 5.15. The number of nitrogens with one attached hydrogen (secondary N) is 1. The van der Waals surface area contributed by atoms with Crippen molar-refractivity contribution in [2.24, 2.45) is 0 Å². The molecule has 0 aliphatic carbocycles. The number of piperazine rings is 1. The summed E-state index contributed by atoms with van der Waals surface area (Å²) in [6, 6.07) is 13.5. The number of hydrogen-bond acceptors (Lipinski definition) is 3.